The van der Waals surface area contributed by atoms with Gasteiger partial charge in [-0.1, -0.05) is 0 Å². The number of carbonyl (C=O) groups is 1. The van der Waals surface area contributed by atoms with Crippen molar-refractivity contribution in [2.24, 2.45) is 0 Å². The zero-order valence-corrected chi connectivity index (χ0v) is 7.25. The van der Waals surface area contributed by atoms with Gasteiger partial charge in [0.1, 0.15) is 5.69 Å². The number of aromatic carboxylic acids is 1. The summed E-state index contributed by atoms with van der Waals surface area (Å²) >= 11 is 0. The third-order valence-corrected chi connectivity index (χ3v) is 1.56. The van der Waals surface area contributed by atoms with Crippen LogP contribution in [0.2, 0.25) is 0 Å². The normalized spacial score (nSPS) is 9.54. The Hall–Kier alpha value is -1.55. The predicted molar refractivity (Wildman–Crippen MR) is 48.2 cm³/mol. The third-order valence-electron chi connectivity index (χ3n) is 1.56. The highest BCUT2D eigenvalue weighted by Gasteiger charge is 2.05. The molecule has 0 amide bonds. The Morgan fingerprint density at radius 2 is 2.31 bits per heavy atom. The van der Waals surface area contributed by atoms with Crippen LogP contribution in [0.1, 0.15) is 10.5 Å². The van der Waals surface area contributed by atoms with E-state index in [1.807, 2.05) is 0 Å². The highest BCUT2D eigenvalue weighted by molar-refractivity contribution is 5.90. The molecule has 5 heteroatoms. The second kappa shape index (κ2) is 3.45. The maximum atomic E-state index is 10.5. The SMILES string of the molecule is Cl.O=C(O)c1cc2ccoc2cn1. The Morgan fingerprint density at radius 1 is 1.54 bits per heavy atom. The first-order chi connectivity index (χ1) is 5.77. The minimum absolute atomic E-state index is 0. The van der Waals surface area contributed by atoms with Crippen molar-refractivity contribution in [1.29, 1.82) is 0 Å². The first kappa shape index (κ1) is 9.54. The van der Waals surface area contributed by atoms with Crippen LogP contribution in [0.5, 0.6) is 0 Å². The molecule has 0 fully saturated rings. The molecule has 0 aromatic carbocycles. The van der Waals surface area contributed by atoms with Gasteiger partial charge in [-0.3, -0.25) is 0 Å². The molecule has 0 atom stereocenters. The second-order valence-corrected chi connectivity index (χ2v) is 2.33. The average molecular weight is 200 g/mol. The van der Waals surface area contributed by atoms with Crippen molar-refractivity contribution in [1.82, 2.24) is 4.98 Å². The first-order valence-corrected chi connectivity index (χ1v) is 3.34. The number of carboxylic acids is 1. The summed E-state index contributed by atoms with van der Waals surface area (Å²) < 4.78 is 5.00. The molecule has 13 heavy (non-hydrogen) atoms. The molecular weight excluding hydrogens is 194 g/mol. The van der Waals surface area contributed by atoms with Crippen LogP contribution < -0.4 is 0 Å². The van der Waals surface area contributed by atoms with Crippen LogP contribution in [0.4, 0.5) is 0 Å². The maximum Gasteiger partial charge on any atom is 0.354 e. The summed E-state index contributed by atoms with van der Waals surface area (Å²) in [6.45, 7) is 0. The van der Waals surface area contributed by atoms with Crippen LogP contribution in [-0.4, -0.2) is 16.1 Å². The molecule has 0 aliphatic heterocycles. The Labute approximate surface area is 79.6 Å². The van der Waals surface area contributed by atoms with Crippen LogP contribution >= 0.6 is 12.4 Å². The lowest BCUT2D eigenvalue weighted by atomic mass is 10.3. The summed E-state index contributed by atoms with van der Waals surface area (Å²) in [5.74, 6) is -1.03. The van der Waals surface area contributed by atoms with Gasteiger partial charge >= 0.3 is 5.97 Å². The van der Waals surface area contributed by atoms with Crippen molar-refractivity contribution in [2.75, 3.05) is 0 Å². The monoisotopic (exact) mass is 199 g/mol. The molecule has 68 valence electrons. The highest BCUT2D eigenvalue weighted by Crippen LogP contribution is 2.14. The lowest BCUT2D eigenvalue weighted by Gasteiger charge is -1.91. The van der Waals surface area contributed by atoms with Gasteiger partial charge in [-0.2, -0.15) is 0 Å². The molecule has 0 aliphatic rings. The molecule has 0 saturated carbocycles. The molecule has 0 spiro atoms. The van der Waals surface area contributed by atoms with Crippen molar-refractivity contribution in [3.8, 4) is 0 Å². The highest BCUT2D eigenvalue weighted by atomic mass is 35.5. The molecule has 0 bridgehead atoms. The van der Waals surface area contributed by atoms with Gasteiger partial charge in [-0.15, -0.1) is 12.4 Å². The lowest BCUT2D eigenvalue weighted by Crippen LogP contribution is -1.98. The van der Waals surface area contributed by atoms with Gasteiger partial charge in [0.25, 0.3) is 0 Å². The van der Waals surface area contributed by atoms with Crippen molar-refractivity contribution in [2.45, 2.75) is 0 Å². The third kappa shape index (κ3) is 1.62. The summed E-state index contributed by atoms with van der Waals surface area (Å²) in [5, 5.41) is 9.34. The van der Waals surface area contributed by atoms with Crippen molar-refractivity contribution >= 4 is 29.3 Å². The Bertz CT molecular complexity index is 438. The van der Waals surface area contributed by atoms with Gasteiger partial charge in [-0.25, -0.2) is 9.78 Å². The number of aromatic nitrogens is 1. The molecular formula is C8H6ClNO3. The molecule has 0 aliphatic carbocycles. The van der Waals surface area contributed by atoms with Crippen molar-refractivity contribution < 1.29 is 14.3 Å². The molecule has 2 aromatic heterocycles. The fraction of sp³-hybridized carbons (Fsp3) is 0. The number of fused-ring (bicyclic) bond motifs is 1. The van der Waals surface area contributed by atoms with E-state index < -0.39 is 5.97 Å². The smallest absolute Gasteiger partial charge is 0.354 e. The zero-order chi connectivity index (χ0) is 8.55. The van der Waals surface area contributed by atoms with Crippen LogP contribution in [0.15, 0.2) is 29.0 Å². The number of nitrogens with zero attached hydrogens (tertiary/aromatic N) is 1. The molecule has 2 rings (SSSR count). The number of halogens is 1. The summed E-state index contributed by atoms with van der Waals surface area (Å²) in [6.07, 6.45) is 2.90. The second-order valence-electron chi connectivity index (χ2n) is 2.33. The first-order valence-electron chi connectivity index (χ1n) is 3.34. The largest absolute Gasteiger partial charge is 0.477 e. The number of carboxylic acid groups (broad SMARTS) is 1. The van der Waals surface area contributed by atoms with Gasteiger partial charge < -0.3 is 9.52 Å². The molecule has 0 radical (unpaired) electrons. The summed E-state index contributed by atoms with van der Waals surface area (Å²) in [7, 11) is 0. The van der Waals surface area contributed by atoms with Gasteiger partial charge in [0.15, 0.2) is 5.58 Å². The molecule has 0 saturated heterocycles. The van der Waals surface area contributed by atoms with E-state index in [0.717, 1.165) is 5.39 Å². The Morgan fingerprint density at radius 3 is 3.00 bits per heavy atom. The van der Waals surface area contributed by atoms with E-state index in [4.69, 9.17) is 9.52 Å². The topological polar surface area (TPSA) is 63.3 Å². The Balaban J connectivity index is 0.000000845. The molecule has 1 N–H and O–H groups in total. The summed E-state index contributed by atoms with van der Waals surface area (Å²) in [5.41, 5.74) is 0.629. The van der Waals surface area contributed by atoms with Gasteiger partial charge in [-0.05, 0) is 12.1 Å². The van der Waals surface area contributed by atoms with E-state index in [1.165, 1.54) is 18.5 Å². The van der Waals surface area contributed by atoms with Crippen LogP contribution in [0.25, 0.3) is 11.0 Å². The van der Waals surface area contributed by atoms with E-state index in [2.05, 4.69) is 4.98 Å². The van der Waals surface area contributed by atoms with Crippen molar-refractivity contribution in [3.05, 3.63) is 30.3 Å². The minimum Gasteiger partial charge on any atom is -0.477 e. The standard InChI is InChI=1S/C8H5NO3.ClH/c10-8(11)6-3-5-1-2-12-7(5)4-9-6;/h1-4H,(H,10,11);1H. The summed E-state index contributed by atoms with van der Waals surface area (Å²) in [6, 6.07) is 3.17. The average Bonchev–Trinajstić information content (AvgIpc) is 2.49. The van der Waals surface area contributed by atoms with E-state index in [-0.39, 0.29) is 18.1 Å². The molecule has 2 aromatic rings. The van der Waals surface area contributed by atoms with E-state index in [9.17, 15) is 4.79 Å². The molecule has 4 nitrogen and oxygen atoms in total. The van der Waals surface area contributed by atoms with Gasteiger partial charge in [0, 0.05) is 5.39 Å². The predicted octanol–water partition coefficient (Wildman–Crippen LogP) is 1.95. The quantitative estimate of drug-likeness (QED) is 0.763. The van der Waals surface area contributed by atoms with Crippen molar-refractivity contribution in [3.63, 3.8) is 0 Å². The van der Waals surface area contributed by atoms with Gasteiger partial charge in [0.05, 0.1) is 12.5 Å². The zero-order valence-electron chi connectivity index (χ0n) is 6.43. The molecule has 0 unspecified atom stereocenters. The van der Waals surface area contributed by atoms with E-state index in [1.54, 1.807) is 6.07 Å². The fourth-order valence-electron chi connectivity index (χ4n) is 0.985. The van der Waals surface area contributed by atoms with Gasteiger partial charge in [0.2, 0.25) is 0 Å². The Kier molecular flexibility index (Phi) is 2.53. The van der Waals surface area contributed by atoms with Crippen LogP contribution in [0, 0.1) is 0 Å². The fourth-order valence-corrected chi connectivity index (χ4v) is 0.985. The van der Waals surface area contributed by atoms with Crippen LogP contribution in [0.3, 0.4) is 0 Å². The number of hydrogen-bond donors (Lipinski definition) is 1. The van der Waals surface area contributed by atoms with E-state index in [0.29, 0.717) is 5.58 Å². The number of rotatable bonds is 1. The maximum absolute atomic E-state index is 10.5. The molecule has 2 heterocycles. The minimum atomic E-state index is -1.03. The van der Waals surface area contributed by atoms with Crippen LogP contribution in [-0.2, 0) is 0 Å². The van der Waals surface area contributed by atoms with E-state index >= 15 is 0 Å². The summed E-state index contributed by atoms with van der Waals surface area (Å²) in [4.78, 5) is 14.2. The lowest BCUT2D eigenvalue weighted by molar-refractivity contribution is 0.0690. The number of hydrogen-bond acceptors (Lipinski definition) is 3. The number of furan rings is 1. The number of pyridine rings is 1.